The number of likely N-dealkylation sites (N-methyl/N-ethyl adjacent to an activating group) is 1. The largest absolute Gasteiger partial charge is 0.313 e. The molecule has 1 N–H and O–H groups in total. The maximum Gasteiger partial charge on any atom is 0.146 e. The molecule has 0 fully saturated rings. The van der Waals surface area contributed by atoms with Gasteiger partial charge in [0.15, 0.2) is 0 Å². The van der Waals surface area contributed by atoms with E-state index in [2.05, 4.69) is 5.32 Å². The van der Waals surface area contributed by atoms with E-state index in [1.165, 1.54) is 0 Å². The molecule has 0 aromatic rings. The van der Waals surface area contributed by atoms with E-state index >= 15 is 0 Å². The number of hydrogen-bond donors (Lipinski definition) is 1. The molecule has 0 atom stereocenters. The molecule has 0 spiro atoms. The van der Waals surface area contributed by atoms with E-state index in [1.54, 1.807) is 7.05 Å². The third-order valence-electron chi connectivity index (χ3n) is 0.768. The van der Waals surface area contributed by atoms with E-state index in [0.29, 0.717) is 13.0 Å². The normalized spacial score (nSPS) is 7.75. The van der Waals surface area contributed by atoms with Crippen LogP contribution < -0.4 is 5.32 Å². The number of carbonyl (C=O) groups excluding carboxylic acids is 1. The number of rotatable bonds is 3. The molecule has 3 heteroatoms. The third kappa shape index (κ3) is 5.92. The lowest BCUT2D eigenvalue weighted by molar-refractivity contribution is -0.117. The van der Waals surface area contributed by atoms with Gasteiger partial charge in [-0.1, -0.05) is 6.92 Å². The predicted molar refractivity (Wildman–Crippen MR) is 36.5 cm³/mol. The van der Waals surface area contributed by atoms with Crippen molar-refractivity contribution in [2.75, 3.05) is 13.6 Å². The van der Waals surface area contributed by atoms with E-state index in [0.717, 1.165) is 0 Å². The average Bonchev–Trinajstić information content (AvgIpc) is 1.68. The van der Waals surface area contributed by atoms with Crippen LogP contribution in [0, 0.1) is 0 Å². The van der Waals surface area contributed by atoms with Gasteiger partial charge in [-0.05, 0) is 7.05 Å². The first kappa shape index (κ1) is 10.8. The fraction of sp³-hybridized carbons (Fsp3) is 0.800. The Labute approximate surface area is 56.1 Å². The summed E-state index contributed by atoms with van der Waals surface area (Å²) < 4.78 is 0. The van der Waals surface area contributed by atoms with Crippen LogP contribution in [-0.2, 0) is 4.79 Å². The molecular weight excluding hydrogens is 126 g/mol. The zero-order valence-electron chi connectivity index (χ0n) is 5.23. The Bertz CT molecular complexity index is 65.4. The van der Waals surface area contributed by atoms with Crippen LogP contribution in [0.4, 0.5) is 0 Å². The standard InChI is InChI=1S/C5H11NO.ClH/c1-3-5(7)4-6-2;/h6H,3-4H2,1-2H3;1H. The lowest BCUT2D eigenvalue weighted by atomic mass is 10.3. The molecule has 0 rings (SSSR count). The Morgan fingerprint density at radius 2 is 2.12 bits per heavy atom. The molecule has 0 saturated carbocycles. The highest BCUT2D eigenvalue weighted by Crippen LogP contribution is 1.74. The summed E-state index contributed by atoms with van der Waals surface area (Å²) in [5.41, 5.74) is 0. The van der Waals surface area contributed by atoms with Gasteiger partial charge in [0, 0.05) is 6.42 Å². The maximum absolute atomic E-state index is 10.3. The summed E-state index contributed by atoms with van der Waals surface area (Å²) in [4.78, 5) is 10.3. The molecular formula is C5H12ClNO. The van der Waals surface area contributed by atoms with Crippen molar-refractivity contribution in [1.82, 2.24) is 5.32 Å². The summed E-state index contributed by atoms with van der Waals surface area (Å²) in [6.45, 7) is 2.37. The van der Waals surface area contributed by atoms with Gasteiger partial charge in [0.05, 0.1) is 6.54 Å². The fourth-order valence-electron chi connectivity index (χ4n) is 0.322. The summed E-state index contributed by atoms with van der Waals surface area (Å²) in [5, 5.41) is 2.77. The quantitative estimate of drug-likeness (QED) is 0.618. The highest BCUT2D eigenvalue weighted by molar-refractivity contribution is 5.85. The van der Waals surface area contributed by atoms with Crippen LogP contribution in [0.2, 0.25) is 0 Å². The van der Waals surface area contributed by atoms with E-state index in [9.17, 15) is 4.79 Å². The number of nitrogens with one attached hydrogen (secondary N) is 1. The molecule has 8 heavy (non-hydrogen) atoms. The van der Waals surface area contributed by atoms with Crippen molar-refractivity contribution in [2.45, 2.75) is 13.3 Å². The van der Waals surface area contributed by atoms with Gasteiger partial charge in [-0.15, -0.1) is 12.4 Å². The Morgan fingerprint density at radius 3 is 2.25 bits per heavy atom. The van der Waals surface area contributed by atoms with Crippen molar-refractivity contribution >= 4 is 18.2 Å². The SMILES string of the molecule is CCC(=O)CNC.Cl. The Balaban J connectivity index is 0. The highest BCUT2D eigenvalue weighted by atomic mass is 35.5. The molecule has 0 aliphatic heterocycles. The van der Waals surface area contributed by atoms with Crippen molar-refractivity contribution in [3.8, 4) is 0 Å². The van der Waals surface area contributed by atoms with Crippen LogP contribution in [-0.4, -0.2) is 19.4 Å². The minimum absolute atomic E-state index is 0. The van der Waals surface area contributed by atoms with E-state index in [1.807, 2.05) is 6.92 Å². The molecule has 0 aromatic carbocycles. The monoisotopic (exact) mass is 137 g/mol. The molecule has 0 aliphatic rings. The van der Waals surface area contributed by atoms with E-state index in [-0.39, 0.29) is 18.2 Å². The molecule has 50 valence electrons. The van der Waals surface area contributed by atoms with Gasteiger partial charge in [0.2, 0.25) is 0 Å². The second-order valence-corrected chi connectivity index (χ2v) is 1.42. The van der Waals surface area contributed by atoms with Gasteiger partial charge < -0.3 is 5.32 Å². The van der Waals surface area contributed by atoms with Gasteiger partial charge in [-0.3, -0.25) is 4.79 Å². The topological polar surface area (TPSA) is 29.1 Å². The van der Waals surface area contributed by atoms with Gasteiger partial charge in [-0.25, -0.2) is 0 Å². The Kier molecular flexibility index (Phi) is 9.36. The summed E-state index contributed by atoms with van der Waals surface area (Å²) >= 11 is 0. The molecule has 0 bridgehead atoms. The molecule has 0 radical (unpaired) electrons. The zero-order chi connectivity index (χ0) is 5.70. The highest BCUT2D eigenvalue weighted by Gasteiger charge is 1.90. The summed E-state index contributed by atoms with van der Waals surface area (Å²) in [7, 11) is 1.77. The van der Waals surface area contributed by atoms with Gasteiger partial charge >= 0.3 is 0 Å². The first-order valence-electron chi connectivity index (χ1n) is 2.47. The second kappa shape index (κ2) is 6.92. The van der Waals surface area contributed by atoms with Crippen molar-refractivity contribution in [3.05, 3.63) is 0 Å². The maximum atomic E-state index is 10.3. The van der Waals surface area contributed by atoms with E-state index in [4.69, 9.17) is 0 Å². The second-order valence-electron chi connectivity index (χ2n) is 1.42. The summed E-state index contributed by atoms with van der Waals surface area (Å²) in [6.07, 6.45) is 0.640. The smallest absolute Gasteiger partial charge is 0.146 e. The van der Waals surface area contributed by atoms with Crippen LogP contribution in [0.5, 0.6) is 0 Å². The van der Waals surface area contributed by atoms with Gasteiger partial charge in [-0.2, -0.15) is 0 Å². The van der Waals surface area contributed by atoms with Crippen LogP contribution >= 0.6 is 12.4 Å². The minimum Gasteiger partial charge on any atom is -0.313 e. The molecule has 0 amide bonds. The van der Waals surface area contributed by atoms with Crippen molar-refractivity contribution in [2.24, 2.45) is 0 Å². The number of ketones is 1. The lowest BCUT2D eigenvalue weighted by Crippen LogP contribution is -2.16. The van der Waals surface area contributed by atoms with Crippen LogP contribution in [0.25, 0.3) is 0 Å². The molecule has 0 heterocycles. The minimum atomic E-state index is 0. The van der Waals surface area contributed by atoms with Crippen LogP contribution in [0.1, 0.15) is 13.3 Å². The first-order valence-corrected chi connectivity index (χ1v) is 2.47. The predicted octanol–water partition coefficient (Wildman–Crippen LogP) is 0.607. The van der Waals surface area contributed by atoms with Gasteiger partial charge in [0.25, 0.3) is 0 Å². The zero-order valence-corrected chi connectivity index (χ0v) is 6.05. The molecule has 2 nitrogen and oxygen atoms in total. The van der Waals surface area contributed by atoms with Crippen LogP contribution in [0.15, 0.2) is 0 Å². The molecule has 0 aliphatic carbocycles. The number of hydrogen-bond acceptors (Lipinski definition) is 2. The molecule has 0 saturated heterocycles. The third-order valence-corrected chi connectivity index (χ3v) is 0.768. The van der Waals surface area contributed by atoms with Crippen molar-refractivity contribution in [1.29, 1.82) is 0 Å². The molecule has 0 unspecified atom stereocenters. The van der Waals surface area contributed by atoms with Crippen LogP contribution in [0.3, 0.4) is 0 Å². The fourth-order valence-corrected chi connectivity index (χ4v) is 0.322. The van der Waals surface area contributed by atoms with Crippen molar-refractivity contribution < 1.29 is 4.79 Å². The number of Topliss-reactive ketones (excluding diaryl/α,β-unsaturated/α-hetero) is 1. The molecule has 0 aromatic heterocycles. The van der Waals surface area contributed by atoms with Gasteiger partial charge in [0.1, 0.15) is 5.78 Å². The summed E-state index contributed by atoms with van der Waals surface area (Å²) in [6, 6.07) is 0. The summed E-state index contributed by atoms with van der Waals surface area (Å²) in [5.74, 6) is 0.266. The average molecular weight is 138 g/mol. The number of halogens is 1. The van der Waals surface area contributed by atoms with E-state index < -0.39 is 0 Å². The van der Waals surface area contributed by atoms with Crippen molar-refractivity contribution in [3.63, 3.8) is 0 Å². The Hall–Kier alpha value is -0.0800. The lowest BCUT2D eigenvalue weighted by Gasteiger charge is -1.90. The Morgan fingerprint density at radius 1 is 1.62 bits per heavy atom. The number of carbonyl (C=O) groups is 1. The first-order chi connectivity index (χ1) is 3.31.